The molecule has 1 atom stereocenters. The number of hydrogen-bond acceptors (Lipinski definition) is 5. The van der Waals surface area contributed by atoms with Crippen molar-refractivity contribution < 1.29 is 14.1 Å². The van der Waals surface area contributed by atoms with Crippen LogP contribution in [0.1, 0.15) is 57.2 Å². The van der Waals surface area contributed by atoms with Gasteiger partial charge in [-0.2, -0.15) is 4.98 Å². The molecular formula is C13H20N2O3. The highest BCUT2D eigenvalue weighted by Gasteiger charge is 2.29. The van der Waals surface area contributed by atoms with Gasteiger partial charge in [-0.05, 0) is 32.1 Å². The first-order valence-corrected chi connectivity index (χ1v) is 6.73. The smallest absolute Gasteiger partial charge is 0.318 e. The molecule has 0 N–H and O–H groups in total. The Bertz CT molecular complexity index is 399. The number of hydrogen-bond donors (Lipinski definition) is 0. The van der Waals surface area contributed by atoms with Gasteiger partial charge >= 0.3 is 5.97 Å². The van der Waals surface area contributed by atoms with Gasteiger partial charge < -0.3 is 9.26 Å². The summed E-state index contributed by atoms with van der Waals surface area (Å²) in [5.41, 5.74) is 0. The molecular weight excluding hydrogens is 232 g/mol. The van der Waals surface area contributed by atoms with Gasteiger partial charge in [0, 0.05) is 6.42 Å². The van der Waals surface area contributed by atoms with E-state index in [0.29, 0.717) is 24.8 Å². The second kappa shape index (κ2) is 5.98. The number of rotatable bonds is 7. The van der Waals surface area contributed by atoms with Gasteiger partial charge in [0.05, 0.1) is 6.61 Å². The molecule has 0 spiro atoms. The van der Waals surface area contributed by atoms with Crippen LogP contribution in [-0.4, -0.2) is 22.7 Å². The Morgan fingerprint density at radius 1 is 1.50 bits per heavy atom. The Morgan fingerprint density at radius 2 is 2.28 bits per heavy atom. The van der Waals surface area contributed by atoms with Crippen molar-refractivity contribution in [2.45, 2.75) is 51.9 Å². The molecule has 1 aliphatic rings. The van der Waals surface area contributed by atoms with E-state index in [1.807, 2.05) is 6.92 Å². The maximum atomic E-state index is 11.8. The molecule has 1 heterocycles. The van der Waals surface area contributed by atoms with Gasteiger partial charge in [-0.15, -0.1) is 0 Å². The number of nitrogens with zero attached hydrogens (tertiary/aromatic N) is 2. The zero-order valence-corrected chi connectivity index (χ0v) is 11.0. The predicted molar refractivity (Wildman–Crippen MR) is 65.0 cm³/mol. The maximum absolute atomic E-state index is 11.8. The lowest BCUT2D eigenvalue weighted by Gasteiger charge is -2.09. The number of ether oxygens (including phenoxy) is 1. The van der Waals surface area contributed by atoms with Crippen LogP contribution in [-0.2, 0) is 16.0 Å². The second-order valence-electron chi connectivity index (χ2n) is 4.79. The summed E-state index contributed by atoms with van der Waals surface area (Å²) in [5.74, 6) is 1.17. The van der Waals surface area contributed by atoms with E-state index in [4.69, 9.17) is 9.26 Å². The highest BCUT2D eigenvalue weighted by atomic mass is 16.5. The minimum Gasteiger partial charge on any atom is -0.465 e. The summed E-state index contributed by atoms with van der Waals surface area (Å²) in [4.78, 5) is 16.2. The van der Waals surface area contributed by atoms with E-state index in [-0.39, 0.29) is 5.97 Å². The average Bonchev–Trinajstić information content (AvgIpc) is 3.03. The molecule has 100 valence electrons. The Kier molecular flexibility index (Phi) is 4.33. The average molecular weight is 252 g/mol. The van der Waals surface area contributed by atoms with Crippen LogP contribution in [0, 0.1) is 5.92 Å². The Hall–Kier alpha value is -1.39. The summed E-state index contributed by atoms with van der Waals surface area (Å²) >= 11 is 0. The molecule has 5 heteroatoms. The van der Waals surface area contributed by atoms with E-state index in [1.54, 1.807) is 6.92 Å². The van der Waals surface area contributed by atoms with E-state index in [2.05, 4.69) is 10.1 Å². The molecule has 5 nitrogen and oxygen atoms in total. The first-order valence-electron chi connectivity index (χ1n) is 6.73. The Balaban J connectivity index is 2.03. The van der Waals surface area contributed by atoms with Crippen molar-refractivity contribution in [3.63, 3.8) is 0 Å². The quantitative estimate of drug-likeness (QED) is 0.697. The SMILES string of the molecule is CCCC(C(=O)OCC)c1nc(CC2CC2)no1. The third kappa shape index (κ3) is 3.31. The van der Waals surface area contributed by atoms with Crippen molar-refractivity contribution >= 4 is 5.97 Å². The highest BCUT2D eigenvalue weighted by molar-refractivity contribution is 5.76. The molecule has 0 saturated heterocycles. The first kappa shape index (κ1) is 13.1. The Labute approximate surface area is 107 Å². The van der Waals surface area contributed by atoms with Crippen molar-refractivity contribution in [2.75, 3.05) is 6.61 Å². The second-order valence-corrected chi connectivity index (χ2v) is 4.79. The number of esters is 1. The molecule has 1 aromatic heterocycles. The molecule has 1 aromatic rings. The zero-order valence-electron chi connectivity index (χ0n) is 11.0. The lowest BCUT2D eigenvalue weighted by Crippen LogP contribution is -2.16. The standard InChI is InChI=1S/C13H20N2O3/c1-3-5-10(13(16)17-4-2)12-14-11(15-18-12)8-9-6-7-9/h9-10H,3-8H2,1-2H3. The molecule has 0 bridgehead atoms. The minimum atomic E-state index is -0.407. The lowest BCUT2D eigenvalue weighted by molar-refractivity contribution is -0.145. The Morgan fingerprint density at radius 3 is 2.89 bits per heavy atom. The summed E-state index contributed by atoms with van der Waals surface area (Å²) in [5, 5.41) is 3.95. The van der Waals surface area contributed by atoms with E-state index in [9.17, 15) is 4.79 Å². The van der Waals surface area contributed by atoms with E-state index < -0.39 is 5.92 Å². The fraction of sp³-hybridized carbons (Fsp3) is 0.769. The molecule has 1 aliphatic carbocycles. The van der Waals surface area contributed by atoms with Crippen LogP contribution in [0.25, 0.3) is 0 Å². The summed E-state index contributed by atoms with van der Waals surface area (Å²) in [6.45, 7) is 4.20. The number of carbonyl (C=O) groups is 1. The summed E-state index contributed by atoms with van der Waals surface area (Å²) in [6, 6.07) is 0. The maximum Gasteiger partial charge on any atom is 0.318 e. The van der Waals surface area contributed by atoms with Crippen molar-refractivity contribution in [3.05, 3.63) is 11.7 Å². The highest BCUT2D eigenvalue weighted by Crippen LogP contribution is 2.32. The molecule has 1 unspecified atom stereocenters. The van der Waals surface area contributed by atoms with E-state index in [0.717, 1.165) is 18.7 Å². The van der Waals surface area contributed by atoms with Gasteiger partial charge in [0.15, 0.2) is 5.82 Å². The predicted octanol–water partition coefficient (Wildman–Crippen LogP) is 2.47. The van der Waals surface area contributed by atoms with Crippen LogP contribution < -0.4 is 0 Å². The van der Waals surface area contributed by atoms with Crippen LogP contribution >= 0.6 is 0 Å². The third-order valence-corrected chi connectivity index (χ3v) is 3.10. The first-order chi connectivity index (χ1) is 8.74. The van der Waals surface area contributed by atoms with Gasteiger partial charge in [-0.3, -0.25) is 4.79 Å². The van der Waals surface area contributed by atoms with Gasteiger partial charge in [-0.1, -0.05) is 18.5 Å². The number of aromatic nitrogens is 2. The van der Waals surface area contributed by atoms with Crippen molar-refractivity contribution in [3.8, 4) is 0 Å². The van der Waals surface area contributed by atoms with E-state index in [1.165, 1.54) is 12.8 Å². The van der Waals surface area contributed by atoms with Crippen molar-refractivity contribution in [1.29, 1.82) is 0 Å². The molecule has 18 heavy (non-hydrogen) atoms. The largest absolute Gasteiger partial charge is 0.465 e. The summed E-state index contributed by atoms with van der Waals surface area (Å²) < 4.78 is 10.3. The fourth-order valence-electron chi connectivity index (χ4n) is 1.95. The lowest BCUT2D eigenvalue weighted by atomic mass is 10.0. The third-order valence-electron chi connectivity index (χ3n) is 3.10. The van der Waals surface area contributed by atoms with Gasteiger partial charge in [0.1, 0.15) is 5.92 Å². The molecule has 0 aromatic carbocycles. The zero-order chi connectivity index (χ0) is 13.0. The normalized spacial score (nSPS) is 16.6. The van der Waals surface area contributed by atoms with Crippen LogP contribution in [0.3, 0.4) is 0 Å². The molecule has 0 aliphatic heterocycles. The topological polar surface area (TPSA) is 65.2 Å². The van der Waals surface area contributed by atoms with Gasteiger partial charge in [-0.25, -0.2) is 0 Å². The van der Waals surface area contributed by atoms with Crippen LogP contribution in [0.5, 0.6) is 0 Å². The molecule has 0 amide bonds. The number of carbonyl (C=O) groups excluding carboxylic acids is 1. The molecule has 1 saturated carbocycles. The van der Waals surface area contributed by atoms with Crippen LogP contribution in [0.4, 0.5) is 0 Å². The van der Waals surface area contributed by atoms with Crippen LogP contribution in [0.2, 0.25) is 0 Å². The summed E-state index contributed by atoms with van der Waals surface area (Å²) in [6.07, 6.45) is 4.93. The van der Waals surface area contributed by atoms with Crippen molar-refractivity contribution in [1.82, 2.24) is 10.1 Å². The fourth-order valence-corrected chi connectivity index (χ4v) is 1.95. The van der Waals surface area contributed by atoms with E-state index >= 15 is 0 Å². The van der Waals surface area contributed by atoms with Crippen LogP contribution in [0.15, 0.2) is 4.52 Å². The monoisotopic (exact) mass is 252 g/mol. The molecule has 2 rings (SSSR count). The summed E-state index contributed by atoms with van der Waals surface area (Å²) in [7, 11) is 0. The molecule has 1 fully saturated rings. The van der Waals surface area contributed by atoms with Crippen molar-refractivity contribution in [2.24, 2.45) is 5.92 Å². The molecule has 0 radical (unpaired) electrons. The van der Waals surface area contributed by atoms with Gasteiger partial charge in [0.25, 0.3) is 0 Å². The van der Waals surface area contributed by atoms with Gasteiger partial charge in [0.2, 0.25) is 5.89 Å². The minimum absolute atomic E-state index is 0.263.